The van der Waals surface area contributed by atoms with Crippen molar-refractivity contribution in [3.8, 4) is 6.07 Å². The summed E-state index contributed by atoms with van der Waals surface area (Å²) >= 11 is 0. The molecule has 2 atom stereocenters. The number of methoxy groups -OCH3 is 1. The Hall–Kier alpha value is -3.08. The molecule has 0 bridgehead atoms. The van der Waals surface area contributed by atoms with Gasteiger partial charge in [0.25, 0.3) is 5.91 Å². The fraction of sp³-hybridized carbons (Fsp3) is 0.462. The van der Waals surface area contributed by atoms with Gasteiger partial charge in [0.2, 0.25) is 0 Å². The standard InChI is InChI=1S/C26H34N4O3/c1-18-14-23(21(4)30(18)19(2)17-32-5)15-24(16-27)26(31)28-20(3)22-6-8-25(9-7-22)29-10-12-33-13-11-29/h6-9,14-15,19-20H,10-13,17H2,1-5H3,(H,28,31)/b24-15-. The number of rotatable bonds is 8. The molecule has 1 aliphatic rings. The van der Waals surface area contributed by atoms with Gasteiger partial charge in [-0.05, 0) is 63.1 Å². The minimum absolute atomic E-state index is 0.0893. The number of nitrogens with zero attached hydrogens (tertiary/aromatic N) is 3. The minimum atomic E-state index is -0.378. The summed E-state index contributed by atoms with van der Waals surface area (Å²) in [5.74, 6) is -0.378. The van der Waals surface area contributed by atoms with Crippen molar-refractivity contribution in [1.82, 2.24) is 9.88 Å². The molecule has 33 heavy (non-hydrogen) atoms. The Morgan fingerprint density at radius 3 is 2.52 bits per heavy atom. The first-order valence-electron chi connectivity index (χ1n) is 11.4. The average Bonchev–Trinajstić information content (AvgIpc) is 3.10. The number of carbonyl (C=O) groups is 1. The van der Waals surface area contributed by atoms with Crippen molar-refractivity contribution in [2.45, 2.75) is 39.8 Å². The van der Waals surface area contributed by atoms with E-state index < -0.39 is 0 Å². The van der Waals surface area contributed by atoms with Gasteiger partial charge in [-0.25, -0.2) is 0 Å². The van der Waals surface area contributed by atoms with E-state index in [1.165, 1.54) is 0 Å². The molecule has 1 aromatic heterocycles. The zero-order valence-electron chi connectivity index (χ0n) is 20.2. The smallest absolute Gasteiger partial charge is 0.262 e. The van der Waals surface area contributed by atoms with Gasteiger partial charge in [-0.1, -0.05) is 12.1 Å². The van der Waals surface area contributed by atoms with E-state index in [0.717, 1.165) is 54.5 Å². The van der Waals surface area contributed by atoms with Gasteiger partial charge in [0, 0.05) is 37.3 Å². The molecule has 0 spiro atoms. The fourth-order valence-electron chi connectivity index (χ4n) is 4.40. The van der Waals surface area contributed by atoms with E-state index in [4.69, 9.17) is 9.47 Å². The van der Waals surface area contributed by atoms with Crippen LogP contribution in [0.25, 0.3) is 6.08 Å². The van der Waals surface area contributed by atoms with Crippen molar-refractivity contribution in [2.24, 2.45) is 0 Å². The van der Waals surface area contributed by atoms with Crippen LogP contribution in [0.4, 0.5) is 5.69 Å². The molecule has 1 fully saturated rings. The van der Waals surface area contributed by atoms with Gasteiger partial charge in [0.15, 0.2) is 0 Å². The predicted molar refractivity (Wildman–Crippen MR) is 130 cm³/mol. The zero-order valence-corrected chi connectivity index (χ0v) is 20.2. The number of nitrogens with one attached hydrogen (secondary N) is 1. The lowest BCUT2D eigenvalue weighted by molar-refractivity contribution is -0.117. The fourth-order valence-corrected chi connectivity index (χ4v) is 4.40. The number of nitriles is 1. The minimum Gasteiger partial charge on any atom is -0.383 e. The molecule has 7 heteroatoms. The third-order valence-corrected chi connectivity index (χ3v) is 6.15. The highest BCUT2D eigenvalue weighted by Gasteiger charge is 2.18. The van der Waals surface area contributed by atoms with Crippen molar-refractivity contribution in [3.63, 3.8) is 0 Å². The summed E-state index contributed by atoms with van der Waals surface area (Å²) in [6.07, 6.45) is 1.67. The number of carbonyl (C=O) groups excluding carboxylic acids is 1. The van der Waals surface area contributed by atoms with Crippen LogP contribution in [0.5, 0.6) is 0 Å². The average molecular weight is 451 g/mol. The molecule has 7 nitrogen and oxygen atoms in total. The predicted octanol–water partition coefficient (Wildman–Crippen LogP) is 3.93. The van der Waals surface area contributed by atoms with Gasteiger partial charge >= 0.3 is 0 Å². The van der Waals surface area contributed by atoms with E-state index in [1.807, 2.05) is 39.0 Å². The summed E-state index contributed by atoms with van der Waals surface area (Å²) in [7, 11) is 1.68. The van der Waals surface area contributed by atoms with Crippen LogP contribution in [0.1, 0.15) is 48.4 Å². The van der Waals surface area contributed by atoms with Crippen LogP contribution >= 0.6 is 0 Å². The number of amides is 1. The second kappa shape index (κ2) is 11.2. The molecule has 176 valence electrons. The number of ether oxygens (including phenoxy) is 2. The molecule has 3 rings (SSSR count). The van der Waals surface area contributed by atoms with Crippen LogP contribution in [0.2, 0.25) is 0 Å². The Morgan fingerprint density at radius 1 is 1.24 bits per heavy atom. The number of hydrogen-bond acceptors (Lipinski definition) is 5. The Morgan fingerprint density at radius 2 is 1.91 bits per heavy atom. The zero-order chi connectivity index (χ0) is 24.0. The number of benzene rings is 1. The Kier molecular flexibility index (Phi) is 8.32. The van der Waals surface area contributed by atoms with E-state index in [0.29, 0.717) is 6.61 Å². The normalized spacial score (nSPS) is 16.2. The molecular weight excluding hydrogens is 416 g/mol. The van der Waals surface area contributed by atoms with E-state index in [2.05, 4.69) is 39.9 Å². The number of hydrogen-bond donors (Lipinski definition) is 1. The monoisotopic (exact) mass is 450 g/mol. The summed E-state index contributed by atoms with van der Waals surface area (Å²) in [6, 6.07) is 12.2. The summed E-state index contributed by atoms with van der Waals surface area (Å²) in [6.45, 7) is 11.9. The van der Waals surface area contributed by atoms with Crippen LogP contribution in [-0.4, -0.2) is 50.5 Å². The van der Waals surface area contributed by atoms with Gasteiger partial charge in [0.05, 0.1) is 31.9 Å². The number of aryl methyl sites for hydroxylation is 1. The van der Waals surface area contributed by atoms with E-state index in [9.17, 15) is 10.1 Å². The Balaban J connectivity index is 1.71. The van der Waals surface area contributed by atoms with E-state index in [1.54, 1.807) is 13.2 Å². The maximum absolute atomic E-state index is 12.9. The lowest BCUT2D eigenvalue weighted by atomic mass is 10.1. The van der Waals surface area contributed by atoms with Crippen LogP contribution in [-0.2, 0) is 14.3 Å². The highest BCUT2D eigenvalue weighted by Crippen LogP contribution is 2.24. The molecule has 1 amide bonds. The summed E-state index contributed by atoms with van der Waals surface area (Å²) < 4.78 is 12.9. The quantitative estimate of drug-likeness (QED) is 0.487. The van der Waals surface area contributed by atoms with Crippen molar-refractivity contribution in [2.75, 3.05) is 44.9 Å². The summed E-state index contributed by atoms with van der Waals surface area (Å²) in [5, 5.41) is 12.6. The Labute approximate surface area is 196 Å². The third kappa shape index (κ3) is 5.84. The molecular formula is C26H34N4O3. The first-order chi connectivity index (χ1) is 15.8. The first kappa shape index (κ1) is 24.6. The van der Waals surface area contributed by atoms with Gasteiger partial charge in [-0.3, -0.25) is 4.79 Å². The molecule has 2 heterocycles. The molecule has 0 aliphatic carbocycles. The van der Waals surface area contributed by atoms with E-state index in [-0.39, 0.29) is 23.6 Å². The largest absolute Gasteiger partial charge is 0.383 e. The van der Waals surface area contributed by atoms with Crippen molar-refractivity contribution in [1.29, 1.82) is 5.26 Å². The second-order valence-electron chi connectivity index (χ2n) is 8.56. The van der Waals surface area contributed by atoms with Crippen LogP contribution in [0.3, 0.4) is 0 Å². The summed E-state index contributed by atoms with van der Waals surface area (Å²) in [4.78, 5) is 15.2. The van der Waals surface area contributed by atoms with E-state index >= 15 is 0 Å². The number of morpholine rings is 1. The van der Waals surface area contributed by atoms with Crippen molar-refractivity contribution >= 4 is 17.7 Å². The van der Waals surface area contributed by atoms with Gasteiger partial charge < -0.3 is 24.3 Å². The maximum Gasteiger partial charge on any atom is 0.262 e. The maximum atomic E-state index is 12.9. The lowest BCUT2D eigenvalue weighted by Gasteiger charge is -2.29. The number of aromatic nitrogens is 1. The summed E-state index contributed by atoms with van der Waals surface area (Å²) in [5.41, 5.74) is 5.16. The highest BCUT2D eigenvalue weighted by molar-refractivity contribution is 6.02. The molecule has 2 unspecified atom stereocenters. The first-order valence-corrected chi connectivity index (χ1v) is 11.4. The van der Waals surface area contributed by atoms with Crippen LogP contribution in [0, 0.1) is 25.2 Å². The molecule has 1 aliphatic heterocycles. The van der Waals surface area contributed by atoms with Crippen molar-refractivity contribution < 1.29 is 14.3 Å². The molecule has 1 saturated heterocycles. The molecule has 0 saturated carbocycles. The van der Waals surface area contributed by atoms with Crippen LogP contribution < -0.4 is 10.2 Å². The lowest BCUT2D eigenvalue weighted by Crippen LogP contribution is -2.36. The Bertz CT molecular complexity index is 1030. The SMILES string of the molecule is COCC(C)n1c(C)cc(/C=C(/C#N)C(=O)NC(C)c2ccc(N3CCOCC3)cc2)c1C. The molecule has 2 aromatic rings. The number of anilines is 1. The molecule has 1 aromatic carbocycles. The van der Waals surface area contributed by atoms with Crippen LogP contribution in [0.15, 0.2) is 35.9 Å². The van der Waals surface area contributed by atoms with Gasteiger partial charge in [-0.15, -0.1) is 0 Å². The van der Waals surface area contributed by atoms with Crippen molar-refractivity contribution in [3.05, 3.63) is 58.4 Å². The topological polar surface area (TPSA) is 79.5 Å². The third-order valence-electron chi connectivity index (χ3n) is 6.15. The highest BCUT2D eigenvalue weighted by atomic mass is 16.5. The van der Waals surface area contributed by atoms with Gasteiger partial charge in [0.1, 0.15) is 11.6 Å². The van der Waals surface area contributed by atoms with Gasteiger partial charge in [-0.2, -0.15) is 5.26 Å². The molecule has 1 N–H and O–H groups in total. The molecule has 0 radical (unpaired) electrons. The second-order valence-corrected chi connectivity index (χ2v) is 8.56.